The summed E-state index contributed by atoms with van der Waals surface area (Å²) in [5, 5.41) is 17.9. The van der Waals surface area contributed by atoms with Gasteiger partial charge >= 0.3 is 5.97 Å². The van der Waals surface area contributed by atoms with Crippen molar-refractivity contribution in [1.82, 2.24) is 29.6 Å². The van der Waals surface area contributed by atoms with E-state index < -0.39 is 11.8 Å². The number of anilines is 2. The van der Waals surface area contributed by atoms with Gasteiger partial charge in [-0.15, -0.1) is 0 Å². The molecule has 1 aromatic carbocycles. The number of fused-ring (bicyclic) bond motifs is 2. The van der Waals surface area contributed by atoms with Crippen molar-refractivity contribution in [3.8, 4) is 11.3 Å². The maximum absolute atomic E-state index is 14.9. The van der Waals surface area contributed by atoms with Crippen LogP contribution in [0.4, 0.5) is 16.2 Å². The number of carbonyl (C=O) groups is 1. The number of aromatic nitrogens is 5. The molecule has 0 spiro atoms. The highest BCUT2D eigenvalue weighted by Gasteiger charge is 2.38. The maximum Gasteiger partial charge on any atom is 0.306 e. The fraction of sp³-hybridized carbons (Fsp3) is 0.393. The average Bonchev–Trinajstić information content (AvgIpc) is 3.19. The lowest BCUT2D eigenvalue weighted by molar-refractivity contribution is -0.147. The highest BCUT2D eigenvalue weighted by molar-refractivity contribution is 5.87. The van der Waals surface area contributed by atoms with Gasteiger partial charge in [0, 0.05) is 54.9 Å². The molecule has 0 saturated heterocycles. The summed E-state index contributed by atoms with van der Waals surface area (Å²) >= 11 is 0. The van der Waals surface area contributed by atoms with Crippen LogP contribution in [0.1, 0.15) is 49.6 Å². The Bertz CT molecular complexity index is 1540. The number of nitrogens with zero attached hydrogens (tertiary/aromatic N) is 6. The third kappa shape index (κ3) is 4.38. The van der Waals surface area contributed by atoms with Gasteiger partial charge in [0.2, 0.25) is 5.95 Å². The minimum Gasteiger partial charge on any atom is -0.481 e. The fourth-order valence-corrected chi connectivity index (χ4v) is 5.70. The van der Waals surface area contributed by atoms with Crippen molar-refractivity contribution in [3.63, 3.8) is 0 Å². The van der Waals surface area contributed by atoms with Crippen LogP contribution in [0.5, 0.6) is 0 Å². The number of halogens is 1. The van der Waals surface area contributed by atoms with Crippen LogP contribution in [0.15, 0.2) is 36.5 Å². The molecule has 0 radical (unpaired) electrons. The molecule has 3 aromatic heterocycles. The summed E-state index contributed by atoms with van der Waals surface area (Å²) in [6.07, 6.45) is 3.40. The van der Waals surface area contributed by atoms with Crippen LogP contribution in [0.3, 0.4) is 0 Å². The van der Waals surface area contributed by atoms with Gasteiger partial charge in [-0.1, -0.05) is 26.0 Å². The first kappa shape index (κ1) is 24.4. The van der Waals surface area contributed by atoms with E-state index in [1.54, 1.807) is 0 Å². The van der Waals surface area contributed by atoms with Gasteiger partial charge in [-0.2, -0.15) is 5.10 Å². The van der Waals surface area contributed by atoms with Gasteiger partial charge < -0.3 is 10.4 Å². The summed E-state index contributed by atoms with van der Waals surface area (Å²) < 4.78 is 16.7. The summed E-state index contributed by atoms with van der Waals surface area (Å²) in [6, 6.07) is 9.92. The van der Waals surface area contributed by atoms with Crippen molar-refractivity contribution in [3.05, 3.63) is 59.3 Å². The molecule has 0 atom stereocenters. The summed E-state index contributed by atoms with van der Waals surface area (Å²) in [5.74, 6) is -0.255. The molecule has 6 rings (SSSR count). The Hall–Kier alpha value is -3.92. The molecule has 1 aliphatic carbocycles. The Morgan fingerprint density at radius 2 is 2.00 bits per heavy atom. The number of aliphatic carboxylic acids is 1. The second-order valence-electron chi connectivity index (χ2n) is 10.6. The topological polar surface area (TPSA) is 109 Å². The number of aryl methyl sites for hydroxylation is 1. The number of hydrogen-bond acceptors (Lipinski definition) is 7. The number of rotatable bonds is 6. The zero-order chi connectivity index (χ0) is 26.6. The lowest BCUT2D eigenvalue weighted by Gasteiger charge is -2.43. The predicted molar refractivity (Wildman–Crippen MR) is 142 cm³/mol. The van der Waals surface area contributed by atoms with Crippen LogP contribution < -0.4 is 5.32 Å². The number of pyridine rings is 1. The average molecular weight is 516 g/mol. The second kappa shape index (κ2) is 9.43. The van der Waals surface area contributed by atoms with Crippen molar-refractivity contribution >= 4 is 28.6 Å². The molecule has 2 aliphatic rings. The SMILES string of the molecule is CC(C)c1c2cc(-c3nc(Nc4ccc5c(n4)CCN(C4CC(C(=O)O)C4)C5)ncc3F)ccc2nn1C. The van der Waals surface area contributed by atoms with Crippen LogP contribution in [0.2, 0.25) is 0 Å². The lowest BCUT2D eigenvalue weighted by atomic mass is 9.78. The zero-order valence-electron chi connectivity index (χ0n) is 21.6. The van der Waals surface area contributed by atoms with Gasteiger partial charge in [-0.25, -0.2) is 19.3 Å². The summed E-state index contributed by atoms with van der Waals surface area (Å²) in [4.78, 5) is 26.9. The Kier molecular flexibility index (Phi) is 6.06. The molecule has 4 aromatic rings. The lowest BCUT2D eigenvalue weighted by Crippen LogP contribution is -2.48. The van der Waals surface area contributed by atoms with Crippen molar-refractivity contribution in [2.45, 2.75) is 51.6 Å². The van der Waals surface area contributed by atoms with Gasteiger partial charge in [0.15, 0.2) is 5.82 Å². The van der Waals surface area contributed by atoms with Crippen molar-refractivity contribution in [2.75, 3.05) is 11.9 Å². The number of carboxylic acid groups (broad SMARTS) is 1. The zero-order valence-corrected chi connectivity index (χ0v) is 21.6. The fourth-order valence-electron chi connectivity index (χ4n) is 5.70. The van der Waals surface area contributed by atoms with E-state index in [1.807, 2.05) is 42.1 Å². The molecule has 1 saturated carbocycles. The van der Waals surface area contributed by atoms with Gasteiger partial charge in [-0.3, -0.25) is 14.4 Å². The van der Waals surface area contributed by atoms with Crippen LogP contribution >= 0.6 is 0 Å². The predicted octanol–water partition coefficient (Wildman–Crippen LogP) is 4.65. The Balaban J connectivity index is 1.21. The van der Waals surface area contributed by atoms with E-state index in [0.29, 0.717) is 30.3 Å². The minimum absolute atomic E-state index is 0.213. The van der Waals surface area contributed by atoms with Crippen LogP contribution in [-0.2, 0) is 24.8 Å². The normalized spacial score (nSPS) is 19.4. The van der Waals surface area contributed by atoms with E-state index >= 15 is 0 Å². The van der Waals surface area contributed by atoms with Gasteiger partial charge in [-0.05, 0) is 42.5 Å². The molecule has 9 nitrogen and oxygen atoms in total. The molecular formula is C28H30FN7O2. The first-order valence-electron chi connectivity index (χ1n) is 13.0. The smallest absolute Gasteiger partial charge is 0.306 e. The number of hydrogen-bond donors (Lipinski definition) is 2. The summed E-state index contributed by atoms with van der Waals surface area (Å²) in [6.45, 7) is 5.85. The number of benzene rings is 1. The van der Waals surface area contributed by atoms with E-state index in [9.17, 15) is 9.18 Å². The summed E-state index contributed by atoms with van der Waals surface area (Å²) in [5.41, 5.74) is 4.98. The number of carboxylic acids is 1. The third-order valence-corrected chi connectivity index (χ3v) is 7.74. The van der Waals surface area contributed by atoms with Gasteiger partial charge in [0.1, 0.15) is 11.5 Å². The maximum atomic E-state index is 14.9. The van der Waals surface area contributed by atoms with E-state index in [4.69, 9.17) is 10.1 Å². The molecule has 1 aliphatic heterocycles. The molecule has 0 unspecified atom stereocenters. The van der Waals surface area contributed by atoms with Gasteiger partial charge in [0.05, 0.1) is 17.6 Å². The molecule has 38 heavy (non-hydrogen) atoms. The second-order valence-corrected chi connectivity index (χ2v) is 10.6. The van der Waals surface area contributed by atoms with Crippen LogP contribution in [0.25, 0.3) is 22.2 Å². The van der Waals surface area contributed by atoms with Crippen molar-refractivity contribution in [2.24, 2.45) is 13.0 Å². The molecule has 2 N–H and O–H groups in total. The van der Waals surface area contributed by atoms with Crippen molar-refractivity contribution < 1.29 is 14.3 Å². The number of nitrogens with one attached hydrogen (secondary N) is 1. The molecule has 4 heterocycles. The van der Waals surface area contributed by atoms with E-state index in [1.165, 1.54) is 6.20 Å². The Labute approximate surface area is 219 Å². The first-order chi connectivity index (χ1) is 18.3. The molecule has 0 bridgehead atoms. The molecule has 1 fully saturated rings. The standard InChI is InChI=1S/C28H30FN7O2/c1-15(2)26-20-12-16(4-6-23(20)34-35(26)3)25-21(29)13-30-28(33-25)32-24-7-5-17-14-36(9-8-22(17)31-24)19-10-18(11-19)27(37)38/h4-7,12-13,15,18-19H,8-11,14H2,1-3H3,(H,37,38)(H,30,31,32,33). The Morgan fingerprint density at radius 1 is 1.18 bits per heavy atom. The highest BCUT2D eigenvalue weighted by atomic mass is 19.1. The monoisotopic (exact) mass is 515 g/mol. The van der Waals surface area contributed by atoms with Gasteiger partial charge in [0.25, 0.3) is 0 Å². The van der Waals surface area contributed by atoms with E-state index in [2.05, 4.69) is 39.1 Å². The minimum atomic E-state index is -0.694. The largest absolute Gasteiger partial charge is 0.481 e. The quantitative estimate of drug-likeness (QED) is 0.382. The Morgan fingerprint density at radius 3 is 2.76 bits per heavy atom. The molecule has 0 amide bonds. The third-order valence-electron chi connectivity index (χ3n) is 7.74. The molecule has 10 heteroatoms. The van der Waals surface area contributed by atoms with E-state index in [-0.39, 0.29) is 23.5 Å². The first-order valence-corrected chi connectivity index (χ1v) is 13.0. The summed E-state index contributed by atoms with van der Waals surface area (Å²) in [7, 11) is 1.92. The van der Waals surface area contributed by atoms with Crippen LogP contribution in [0, 0.1) is 11.7 Å². The van der Waals surface area contributed by atoms with E-state index in [0.717, 1.165) is 47.4 Å². The van der Waals surface area contributed by atoms with Crippen molar-refractivity contribution in [1.29, 1.82) is 0 Å². The highest BCUT2D eigenvalue weighted by Crippen LogP contribution is 2.35. The molecular weight excluding hydrogens is 485 g/mol. The van der Waals surface area contributed by atoms with Crippen LogP contribution in [-0.4, -0.2) is 53.3 Å². The molecule has 196 valence electrons.